The van der Waals surface area contributed by atoms with E-state index >= 15 is 0 Å². The largest absolute Gasteiger partial charge is 0.469 e. The Labute approximate surface area is 80.3 Å². The lowest BCUT2D eigenvalue weighted by Crippen LogP contribution is -2.43. The molecule has 0 spiro atoms. The van der Waals surface area contributed by atoms with Crippen molar-refractivity contribution in [1.82, 2.24) is 0 Å². The van der Waals surface area contributed by atoms with Crippen LogP contribution in [0.2, 0.25) is 0 Å². The van der Waals surface area contributed by atoms with Crippen LogP contribution in [0.25, 0.3) is 0 Å². The van der Waals surface area contributed by atoms with Crippen LogP contribution in [-0.4, -0.2) is 36.3 Å². The summed E-state index contributed by atoms with van der Waals surface area (Å²) in [6, 6.07) is -0.916. The van der Waals surface area contributed by atoms with Crippen LogP contribution in [0.1, 0.15) is 12.8 Å². The van der Waals surface area contributed by atoms with Crippen molar-refractivity contribution in [1.29, 1.82) is 0 Å². The maximum absolute atomic E-state index is 11.3. The second-order valence-corrected chi connectivity index (χ2v) is 3.62. The number of hydrogen-bond donors (Lipinski definition) is 0. The first-order valence-electron chi connectivity index (χ1n) is 4.52. The predicted octanol–water partition coefficient (Wildman–Crippen LogP) is -0.0179. The summed E-state index contributed by atoms with van der Waals surface area (Å²) in [6.07, 6.45) is 0.667. The quantitative estimate of drug-likeness (QED) is 0.356. The fraction of sp³-hybridized carbons (Fsp3) is 0.875. The number of carbonyl (C=O) groups is 1. The van der Waals surface area contributed by atoms with Crippen LogP contribution in [0, 0.1) is 16.0 Å². The van der Waals surface area contributed by atoms with Gasteiger partial charge in [-0.05, 0) is 12.8 Å². The topological polar surface area (TPSA) is 78.7 Å². The van der Waals surface area contributed by atoms with Gasteiger partial charge in [0.2, 0.25) is 0 Å². The van der Waals surface area contributed by atoms with E-state index in [2.05, 4.69) is 4.74 Å². The molecule has 6 heteroatoms. The van der Waals surface area contributed by atoms with Crippen molar-refractivity contribution in [2.24, 2.45) is 5.92 Å². The summed E-state index contributed by atoms with van der Waals surface area (Å²) >= 11 is 0. The van der Waals surface area contributed by atoms with E-state index in [0.717, 1.165) is 6.42 Å². The lowest BCUT2D eigenvalue weighted by molar-refractivity contribution is -0.533. The van der Waals surface area contributed by atoms with Crippen LogP contribution in [0.4, 0.5) is 0 Å². The van der Waals surface area contributed by atoms with Crippen molar-refractivity contribution in [3.05, 3.63) is 10.1 Å². The van der Waals surface area contributed by atoms with Gasteiger partial charge in [-0.15, -0.1) is 0 Å². The molecule has 2 heterocycles. The minimum atomic E-state index is -0.916. The zero-order valence-electron chi connectivity index (χ0n) is 7.71. The normalized spacial score (nSPS) is 39.8. The van der Waals surface area contributed by atoms with Crippen LogP contribution in [-0.2, 0) is 14.3 Å². The monoisotopic (exact) mass is 201 g/mol. The molecule has 2 rings (SSSR count). The molecule has 0 aliphatic carbocycles. The van der Waals surface area contributed by atoms with Crippen molar-refractivity contribution in [2.45, 2.75) is 31.1 Å². The number of carbonyl (C=O) groups excluding carboxylic acids is 1. The molecular weight excluding hydrogens is 190 g/mol. The van der Waals surface area contributed by atoms with Crippen molar-refractivity contribution < 1.29 is 19.2 Å². The summed E-state index contributed by atoms with van der Waals surface area (Å²) in [5, 5.41) is 10.7. The van der Waals surface area contributed by atoms with Crippen molar-refractivity contribution in [3.8, 4) is 0 Å². The van der Waals surface area contributed by atoms with Gasteiger partial charge in [0.1, 0.15) is 6.10 Å². The van der Waals surface area contributed by atoms with Crippen LogP contribution < -0.4 is 0 Å². The van der Waals surface area contributed by atoms with E-state index in [-0.39, 0.29) is 6.10 Å². The van der Waals surface area contributed by atoms with Gasteiger partial charge in [-0.2, -0.15) is 0 Å². The number of rotatable bonds is 2. The molecule has 0 aromatic carbocycles. The maximum atomic E-state index is 11.3. The number of nitrogens with zero attached hydrogens (tertiary/aromatic N) is 1. The van der Waals surface area contributed by atoms with E-state index in [1.54, 1.807) is 0 Å². The molecule has 78 valence electrons. The second kappa shape index (κ2) is 3.20. The highest BCUT2D eigenvalue weighted by molar-refractivity contribution is 5.74. The minimum absolute atomic E-state index is 0.317. The van der Waals surface area contributed by atoms with Crippen molar-refractivity contribution in [3.63, 3.8) is 0 Å². The molecule has 6 nitrogen and oxygen atoms in total. The average molecular weight is 201 g/mol. The molecule has 0 aromatic rings. The minimum Gasteiger partial charge on any atom is -0.469 e. The fourth-order valence-corrected chi connectivity index (χ4v) is 2.35. The molecule has 0 aromatic heterocycles. The summed E-state index contributed by atoms with van der Waals surface area (Å²) in [5.41, 5.74) is 0. The number of hydrogen-bond acceptors (Lipinski definition) is 5. The zero-order valence-corrected chi connectivity index (χ0v) is 7.71. The number of nitro groups is 1. The van der Waals surface area contributed by atoms with Gasteiger partial charge in [-0.3, -0.25) is 14.9 Å². The smallest absolute Gasteiger partial charge is 0.318 e. The lowest BCUT2D eigenvalue weighted by Gasteiger charge is -2.19. The standard InChI is InChI=1S/C8H11NO5/c1-13-8(10)6-4-2-3-5(14-4)7(6)9(11)12/h4-7H,2-3H2,1H3/t4-,5+,6-,7-/m1/s1. The molecule has 2 aliphatic rings. The molecule has 2 bridgehead atoms. The summed E-state index contributed by atoms with van der Waals surface area (Å²) in [5.74, 6) is -1.24. The molecule has 14 heavy (non-hydrogen) atoms. The molecule has 2 aliphatic heterocycles. The first-order chi connectivity index (χ1) is 6.65. The molecule has 2 fully saturated rings. The van der Waals surface area contributed by atoms with Gasteiger partial charge in [0.25, 0.3) is 6.04 Å². The van der Waals surface area contributed by atoms with E-state index in [1.807, 2.05) is 0 Å². The molecule has 4 atom stereocenters. The highest BCUT2D eigenvalue weighted by Gasteiger charge is 2.59. The first-order valence-corrected chi connectivity index (χ1v) is 4.52. The highest BCUT2D eigenvalue weighted by Crippen LogP contribution is 2.40. The Morgan fingerprint density at radius 1 is 1.50 bits per heavy atom. The number of ether oxygens (including phenoxy) is 2. The summed E-state index contributed by atoms with van der Waals surface area (Å²) in [4.78, 5) is 21.6. The lowest BCUT2D eigenvalue weighted by atomic mass is 9.85. The average Bonchev–Trinajstić information content (AvgIpc) is 2.74. The third-order valence-electron chi connectivity index (χ3n) is 2.95. The second-order valence-electron chi connectivity index (χ2n) is 3.62. The Bertz CT molecular complexity index is 279. The number of fused-ring (bicyclic) bond motifs is 2. The van der Waals surface area contributed by atoms with Crippen LogP contribution in [0.5, 0.6) is 0 Å². The van der Waals surface area contributed by atoms with Gasteiger partial charge < -0.3 is 9.47 Å². The molecule has 0 unspecified atom stereocenters. The first kappa shape index (κ1) is 9.39. The van der Waals surface area contributed by atoms with Gasteiger partial charge in [-0.1, -0.05) is 0 Å². The molecule has 0 N–H and O–H groups in total. The van der Waals surface area contributed by atoms with E-state index in [9.17, 15) is 14.9 Å². The third-order valence-corrected chi connectivity index (χ3v) is 2.95. The molecule has 0 amide bonds. The third kappa shape index (κ3) is 1.18. The van der Waals surface area contributed by atoms with E-state index < -0.39 is 29.0 Å². The van der Waals surface area contributed by atoms with Gasteiger partial charge >= 0.3 is 5.97 Å². The van der Waals surface area contributed by atoms with Crippen LogP contribution in [0.3, 0.4) is 0 Å². The van der Waals surface area contributed by atoms with E-state index in [0.29, 0.717) is 6.42 Å². The fourth-order valence-electron chi connectivity index (χ4n) is 2.35. The summed E-state index contributed by atoms with van der Waals surface area (Å²) in [6.45, 7) is 0. The van der Waals surface area contributed by atoms with Crippen molar-refractivity contribution >= 4 is 5.97 Å². The van der Waals surface area contributed by atoms with Gasteiger partial charge in [0.15, 0.2) is 5.92 Å². The number of methoxy groups -OCH3 is 1. The van der Waals surface area contributed by atoms with Gasteiger partial charge in [-0.25, -0.2) is 0 Å². The summed E-state index contributed by atoms with van der Waals surface area (Å²) in [7, 11) is 1.24. The van der Waals surface area contributed by atoms with Crippen molar-refractivity contribution in [2.75, 3.05) is 7.11 Å². The van der Waals surface area contributed by atoms with E-state index in [4.69, 9.17) is 4.74 Å². The van der Waals surface area contributed by atoms with Gasteiger partial charge in [0.05, 0.1) is 13.2 Å². The highest BCUT2D eigenvalue weighted by atomic mass is 16.6. The Hall–Kier alpha value is -1.17. The zero-order chi connectivity index (χ0) is 10.3. The number of esters is 1. The van der Waals surface area contributed by atoms with Gasteiger partial charge in [0, 0.05) is 4.92 Å². The molecular formula is C8H11NO5. The Morgan fingerprint density at radius 2 is 2.14 bits per heavy atom. The Kier molecular flexibility index (Phi) is 2.14. The molecule has 0 radical (unpaired) electrons. The Morgan fingerprint density at radius 3 is 2.71 bits per heavy atom. The Balaban J connectivity index is 2.21. The molecule has 0 saturated carbocycles. The van der Waals surface area contributed by atoms with Crippen LogP contribution >= 0.6 is 0 Å². The predicted molar refractivity (Wildman–Crippen MR) is 44.2 cm³/mol. The SMILES string of the molecule is COC(=O)[C@H]1[C@H]([N+](=O)[O-])[C@@H]2CC[C@H]1O2. The van der Waals surface area contributed by atoms with E-state index in [1.165, 1.54) is 7.11 Å². The van der Waals surface area contributed by atoms with Crippen LogP contribution in [0.15, 0.2) is 0 Å². The maximum Gasteiger partial charge on any atom is 0.318 e. The summed E-state index contributed by atoms with van der Waals surface area (Å²) < 4.78 is 9.88. The molecule has 2 saturated heterocycles.